The predicted molar refractivity (Wildman–Crippen MR) is 114 cm³/mol. The molecule has 0 bridgehead atoms. The van der Waals surface area contributed by atoms with Crippen LogP contribution in [0.2, 0.25) is 0 Å². The van der Waals surface area contributed by atoms with Gasteiger partial charge in [-0.15, -0.1) is 11.3 Å². The van der Waals surface area contributed by atoms with Crippen molar-refractivity contribution in [1.82, 2.24) is 4.90 Å². The van der Waals surface area contributed by atoms with Crippen LogP contribution in [0.1, 0.15) is 42.9 Å². The molecule has 3 heterocycles. The summed E-state index contributed by atoms with van der Waals surface area (Å²) in [4.78, 5) is 27.2. The van der Waals surface area contributed by atoms with E-state index in [4.69, 9.17) is 23.7 Å². The van der Waals surface area contributed by atoms with Crippen molar-refractivity contribution in [2.75, 3.05) is 47.0 Å². The molecule has 2 aliphatic rings. The van der Waals surface area contributed by atoms with Gasteiger partial charge < -0.3 is 29.0 Å². The first kappa shape index (κ1) is 21.3. The minimum atomic E-state index is -0.525. The first-order valence-electron chi connectivity index (χ1n) is 9.67. The minimum absolute atomic E-state index is 0.140. The summed E-state index contributed by atoms with van der Waals surface area (Å²) in [6.07, 6.45) is 0.470. The normalized spacial score (nSPS) is 17.1. The van der Waals surface area contributed by atoms with Crippen LogP contribution in [-0.2, 0) is 15.9 Å². The van der Waals surface area contributed by atoms with Gasteiger partial charge in [0, 0.05) is 12.1 Å². The lowest BCUT2D eigenvalue weighted by Gasteiger charge is -2.36. The molecule has 166 valence electrons. The van der Waals surface area contributed by atoms with E-state index in [0.29, 0.717) is 38.3 Å². The molecule has 1 aromatic carbocycles. The Balaban J connectivity index is 1.83. The van der Waals surface area contributed by atoms with E-state index < -0.39 is 11.9 Å². The molecular formula is C21H24N2O7S. The molecule has 1 aromatic heterocycles. The third kappa shape index (κ3) is 3.45. The SMILES string of the molecule is COC(=O)c1sc(N[C@H]2c3c(cc4c(c3OC)OCO4)CCN2C)c(C(=O)OC)c1C. The number of fused-ring (bicyclic) bond motifs is 2. The van der Waals surface area contributed by atoms with Crippen LogP contribution in [-0.4, -0.2) is 58.6 Å². The molecule has 0 amide bonds. The molecular weight excluding hydrogens is 424 g/mol. The minimum Gasteiger partial charge on any atom is -0.492 e. The highest BCUT2D eigenvalue weighted by Crippen LogP contribution is 2.50. The Kier molecular flexibility index (Phi) is 5.67. The lowest BCUT2D eigenvalue weighted by molar-refractivity contribution is 0.0601. The summed E-state index contributed by atoms with van der Waals surface area (Å²) in [7, 11) is 6.19. The number of thiophene rings is 1. The van der Waals surface area contributed by atoms with Gasteiger partial charge in [-0.05, 0) is 37.6 Å². The second-order valence-corrected chi connectivity index (χ2v) is 8.26. The fourth-order valence-electron chi connectivity index (χ4n) is 3.99. The van der Waals surface area contributed by atoms with Gasteiger partial charge in [0.05, 0.1) is 26.9 Å². The molecule has 1 atom stereocenters. The van der Waals surface area contributed by atoms with Crippen LogP contribution in [0.3, 0.4) is 0 Å². The lowest BCUT2D eigenvalue weighted by atomic mass is 9.95. The number of benzene rings is 1. The number of nitrogens with zero attached hydrogens (tertiary/aromatic N) is 1. The molecule has 0 unspecified atom stereocenters. The molecule has 0 fully saturated rings. The molecule has 0 radical (unpaired) electrons. The van der Waals surface area contributed by atoms with Crippen molar-refractivity contribution in [3.05, 3.63) is 33.2 Å². The first-order chi connectivity index (χ1) is 14.9. The van der Waals surface area contributed by atoms with E-state index in [2.05, 4.69) is 10.2 Å². The van der Waals surface area contributed by atoms with Crippen molar-refractivity contribution in [2.24, 2.45) is 0 Å². The molecule has 10 heteroatoms. The third-order valence-electron chi connectivity index (χ3n) is 5.57. The molecule has 1 N–H and O–H groups in total. The highest BCUT2D eigenvalue weighted by molar-refractivity contribution is 7.18. The average molecular weight is 448 g/mol. The van der Waals surface area contributed by atoms with E-state index in [1.165, 1.54) is 14.2 Å². The maximum atomic E-state index is 12.5. The van der Waals surface area contributed by atoms with Gasteiger partial charge >= 0.3 is 11.9 Å². The van der Waals surface area contributed by atoms with E-state index in [9.17, 15) is 9.59 Å². The zero-order valence-corrected chi connectivity index (χ0v) is 18.8. The van der Waals surface area contributed by atoms with Crippen LogP contribution in [0.5, 0.6) is 17.2 Å². The number of hydrogen-bond acceptors (Lipinski definition) is 10. The van der Waals surface area contributed by atoms with Crippen molar-refractivity contribution < 1.29 is 33.3 Å². The Morgan fingerprint density at radius 3 is 2.61 bits per heavy atom. The fraction of sp³-hybridized carbons (Fsp3) is 0.429. The van der Waals surface area contributed by atoms with Gasteiger partial charge in [0.2, 0.25) is 12.5 Å². The van der Waals surface area contributed by atoms with Crippen molar-refractivity contribution >= 4 is 28.3 Å². The Morgan fingerprint density at radius 1 is 1.19 bits per heavy atom. The lowest BCUT2D eigenvalue weighted by Crippen LogP contribution is -2.37. The Morgan fingerprint density at radius 2 is 1.94 bits per heavy atom. The van der Waals surface area contributed by atoms with Crippen LogP contribution < -0.4 is 19.5 Å². The first-order valence-corrected chi connectivity index (χ1v) is 10.5. The van der Waals surface area contributed by atoms with E-state index in [-0.39, 0.29) is 13.0 Å². The molecule has 31 heavy (non-hydrogen) atoms. The number of carbonyl (C=O) groups is 2. The number of esters is 2. The summed E-state index contributed by atoms with van der Waals surface area (Å²) >= 11 is 1.16. The zero-order valence-electron chi connectivity index (χ0n) is 18.0. The molecule has 0 spiro atoms. The summed E-state index contributed by atoms with van der Waals surface area (Å²) in [6, 6.07) is 1.97. The van der Waals surface area contributed by atoms with Gasteiger partial charge in [0.1, 0.15) is 16.0 Å². The number of methoxy groups -OCH3 is 3. The molecule has 9 nitrogen and oxygen atoms in total. The van der Waals surface area contributed by atoms with E-state index >= 15 is 0 Å². The molecule has 2 aliphatic heterocycles. The zero-order chi connectivity index (χ0) is 22.3. The van der Waals surface area contributed by atoms with E-state index in [0.717, 1.165) is 35.4 Å². The predicted octanol–water partition coefficient (Wildman–Crippen LogP) is 2.97. The van der Waals surface area contributed by atoms with Crippen LogP contribution in [0.4, 0.5) is 5.00 Å². The number of ether oxygens (including phenoxy) is 5. The fourth-order valence-corrected chi connectivity index (χ4v) is 5.12. The van der Waals surface area contributed by atoms with Crippen molar-refractivity contribution in [2.45, 2.75) is 19.5 Å². The maximum Gasteiger partial charge on any atom is 0.348 e. The number of hydrogen-bond donors (Lipinski definition) is 1. The number of anilines is 1. The third-order valence-corrected chi connectivity index (χ3v) is 6.77. The van der Waals surface area contributed by atoms with Crippen LogP contribution in [0.15, 0.2) is 6.07 Å². The highest BCUT2D eigenvalue weighted by Gasteiger charge is 2.36. The number of carbonyl (C=O) groups excluding carboxylic acids is 2. The smallest absolute Gasteiger partial charge is 0.348 e. The van der Waals surface area contributed by atoms with Gasteiger partial charge in [-0.25, -0.2) is 9.59 Å². The van der Waals surface area contributed by atoms with Gasteiger partial charge in [0.15, 0.2) is 11.5 Å². The summed E-state index contributed by atoms with van der Waals surface area (Å²) in [5.74, 6) is 0.792. The van der Waals surface area contributed by atoms with Gasteiger partial charge in [-0.1, -0.05) is 0 Å². The quantitative estimate of drug-likeness (QED) is 0.693. The largest absolute Gasteiger partial charge is 0.492 e. The van der Waals surface area contributed by atoms with Gasteiger partial charge in [-0.3, -0.25) is 4.90 Å². The summed E-state index contributed by atoms with van der Waals surface area (Å²) in [6.45, 7) is 2.62. The highest BCUT2D eigenvalue weighted by atomic mass is 32.1. The monoisotopic (exact) mass is 448 g/mol. The van der Waals surface area contributed by atoms with Crippen LogP contribution >= 0.6 is 11.3 Å². The second-order valence-electron chi connectivity index (χ2n) is 7.24. The van der Waals surface area contributed by atoms with Gasteiger partial charge in [-0.2, -0.15) is 0 Å². The molecule has 0 saturated carbocycles. The van der Waals surface area contributed by atoms with E-state index in [1.54, 1.807) is 14.0 Å². The molecule has 2 aromatic rings. The molecule has 0 aliphatic carbocycles. The number of rotatable bonds is 5. The maximum absolute atomic E-state index is 12.5. The number of likely N-dealkylation sites (N-methyl/N-ethyl adjacent to an activating group) is 1. The number of nitrogens with one attached hydrogen (secondary N) is 1. The van der Waals surface area contributed by atoms with Crippen molar-refractivity contribution in [1.29, 1.82) is 0 Å². The summed E-state index contributed by atoms with van der Waals surface area (Å²) in [5, 5.41) is 3.96. The van der Waals surface area contributed by atoms with Gasteiger partial charge in [0.25, 0.3) is 0 Å². The second kappa shape index (κ2) is 8.27. The Bertz CT molecular complexity index is 1050. The van der Waals surface area contributed by atoms with Crippen molar-refractivity contribution in [3.63, 3.8) is 0 Å². The summed E-state index contributed by atoms with van der Waals surface area (Å²) in [5.41, 5.74) is 2.80. The molecule has 0 saturated heterocycles. The Labute approximate surface area is 183 Å². The van der Waals surface area contributed by atoms with Crippen LogP contribution in [0.25, 0.3) is 0 Å². The van der Waals surface area contributed by atoms with Crippen LogP contribution in [0, 0.1) is 6.92 Å². The topological polar surface area (TPSA) is 95.6 Å². The molecule has 4 rings (SSSR count). The van der Waals surface area contributed by atoms with E-state index in [1.807, 2.05) is 13.1 Å². The Hall–Kier alpha value is -2.98. The average Bonchev–Trinajstić information content (AvgIpc) is 3.37. The summed E-state index contributed by atoms with van der Waals surface area (Å²) < 4.78 is 26.8. The van der Waals surface area contributed by atoms with Crippen molar-refractivity contribution in [3.8, 4) is 17.2 Å². The standard InChI is InChI=1S/C21H24N2O7S/c1-10-13(20(24)27-4)19(31-17(10)21(25)28-5)22-18-14-11(6-7-23(18)2)8-12-15(16(14)26-3)30-9-29-12/h8,18,22H,6-7,9H2,1-5H3/t18-/m1/s1.